The fourth-order valence-corrected chi connectivity index (χ4v) is 2.42. The molecule has 0 fully saturated rings. The summed E-state index contributed by atoms with van der Waals surface area (Å²) < 4.78 is 31.1. The Morgan fingerprint density at radius 3 is 2.37 bits per heavy atom. The van der Waals surface area contributed by atoms with Gasteiger partial charge in [-0.05, 0) is 32.3 Å². The van der Waals surface area contributed by atoms with Gasteiger partial charge in [-0.3, -0.25) is 4.79 Å². The molecule has 0 saturated heterocycles. The molecule has 0 saturated carbocycles. The molecule has 0 radical (unpaired) electrons. The zero-order valence-corrected chi connectivity index (χ0v) is 12.5. The molecule has 0 aliphatic heterocycles. The van der Waals surface area contributed by atoms with Crippen molar-refractivity contribution in [2.75, 3.05) is 12.0 Å². The number of carboxylic acids is 1. The van der Waals surface area contributed by atoms with Crippen molar-refractivity contribution < 1.29 is 27.9 Å². The third kappa shape index (κ3) is 8.67. The van der Waals surface area contributed by atoms with Crippen molar-refractivity contribution in [2.24, 2.45) is 0 Å². The van der Waals surface area contributed by atoms with Gasteiger partial charge >= 0.3 is 22.3 Å². The fourth-order valence-electron chi connectivity index (χ4n) is 1.03. The lowest BCUT2D eigenvalue weighted by Gasteiger charge is -2.15. The van der Waals surface area contributed by atoms with Crippen LogP contribution in [0.15, 0.2) is 0 Å². The van der Waals surface area contributed by atoms with Crippen LogP contribution < -0.4 is 9.44 Å². The molecule has 1 amide bonds. The molecule has 19 heavy (non-hydrogen) atoms. The van der Waals surface area contributed by atoms with Crippen molar-refractivity contribution >= 4 is 34.0 Å². The number of hydrogen-bond acceptors (Lipinski definition) is 6. The lowest BCUT2D eigenvalue weighted by Crippen LogP contribution is -2.48. The van der Waals surface area contributed by atoms with E-state index in [1.165, 1.54) is 11.8 Å². The van der Waals surface area contributed by atoms with Gasteiger partial charge in [0, 0.05) is 0 Å². The molecule has 0 aliphatic rings. The highest BCUT2D eigenvalue weighted by molar-refractivity contribution is 7.98. The third-order valence-corrected chi connectivity index (χ3v) is 3.44. The van der Waals surface area contributed by atoms with Crippen molar-refractivity contribution in [2.45, 2.75) is 32.4 Å². The zero-order valence-electron chi connectivity index (χ0n) is 10.9. The number of carbonyl (C=O) groups excluding carboxylic acids is 1. The second-order valence-corrected chi connectivity index (χ2v) is 6.28. The summed E-state index contributed by atoms with van der Waals surface area (Å²) in [6, 6.07) is -1.29. The van der Waals surface area contributed by atoms with E-state index in [2.05, 4.69) is 4.74 Å². The van der Waals surface area contributed by atoms with Crippen molar-refractivity contribution in [3.8, 4) is 0 Å². The van der Waals surface area contributed by atoms with E-state index < -0.39 is 34.4 Å². The largest absolute Gasteiger partial charge is 0.480 e. The van der Waals surface area contributed by atoms with Gasteiger partial charge in [0.1, 0.15) is 6.04 Å². The van der Waals surface area contributed by atoms with E-state index in [1.807, 2.05) is 4.72 Å². The number of carboxylic acid groups (broad SMARTS) is 1. The fraction of sp³-hybridized carbons (Fsp3) is 0.778. The Labute approximate surface area is 116 Å². The van der Waals surface area contributed by atoms with Gasteiger partial charge in [0.05, 0.1) is 6.10 Å². The quantitative estimate of drug-likeness (QED) is 0.583. The summed E-state index contributed by atoms with van der Waals surface area (Å²) in [6.07, 6.45) is 0.237. The second kappa shape index (κ2) is 8.23. The second-order valence-electron chi connectivity index (χ2n) is 3.85. The lowest BCUT2D eigenvalue weighted by molar-refractivity contribution is -0.139. The van der Waals surface area contributed by atoms with Crippen molar-refractivity contribution in [3.63, 3.8) is 0 Å². The van der Waals surface area contributed by atoms with Gasteiger partial charge in [-0.25, -0.2) is 9.52 Å². The Hall–Kier alpha value is -1.00. The number of carbonyl (C=O) groups is 2. The molecule has 0 heterocycles. The Morgan fingerprint density at radius 1 is 1.37 bits per heavy atom. The Morgan fingerprint density at radius 2 is 1.95 bits per heavy atom. The van der Waals surface area contributed by atoms with Crippen molar-refractivity contribution in [1.82, 2.24) is 9.44 Å². The number of rotatable bonds is 8. The molecule has 0 aliphatic carbocycles. The molecule has 0 bridgehead atoms. The summed E-state index contributed by atoms with van der Waals surface area (Å²) in [6.45, 7) is 3.11. The number of hydrogen-bond donors (Lipinski definition) is 3. The summed E-state index contributed by atoms with van der Waals surface area (Å²) in [4.78, 5) is 22.0. The summed E-state index contributed by atoms with van der Waals surface area (Å²) in [5.41, 5.74) is 0. The molecular weight excluding hydrogens is 296 g/mol. The molecule has 112 valence electrons. The first-order valence-electron chi connectivity index (χ1n) is 5.40. The third-order valence-electron chi connectivity index (χ3n) is 1.77. The van der Waals surface area contributed by atoms with E-state index in [9.17, 15) is 18.0 Å². The highest BCUT2D eigenvalue weighted by Gasteiger charge is 2.25. The minimum Gasteiger partial charge on any atom is -0.480 e. The van der Waals surface area contributed by atoms with Crippen molar-refractivity contribution in [1.29, 1.82) is 0 Å². The average molecular weight is 314 g/mol. The Balaban J connectivity index is 4.55. The van der Waals surface area contributed by atoms with Crippen LogP contribution in [0.2, 0.25) is 0 Å². The minimum atomic E-state index is -4.27. The molecule has 8 nitrogen and oxygen atoms in total. The standard InChI is InChI=1S/C9H18N2O6S2/c1-6(2)17-9(14)11-19(15,16)10-7(8(12)13)4-5-18-3/h6-7,10H,4-5H2,1-3H3,(H,11,14)(H,12,13)/t7-/m0/s1. The van der Waals surface area contributed by atoms with Gasteiger partial charge in [0.2, 0.25) is 0 Å². The monoisotopic (exact) mass is 314 g/mol. The van der Waals surface area contributed by atoms with E-state index in [1.54, 1.807) is 24.8 Å². The van der Waals surface area contributed by atoms with Gasteiger partial charge < -0.3 is 9.84 Å². The summed E-state index contributed by atoms with van der Waals surface area (Å²) in [5.74, 6) is -0.840. The predicted molar refractivity (Wildman–Crippen MR) is 71.2 cm³/mol. The molecule has 0 aromatic rings. The molecular formula is C9H18N2O6S2. The molecule has 0 aromatic carbocycles. The van der Waals surface area contributed by atoms with Crippen LogP contribution in [0.1, 0.15) is 20.3 Å². The molecule has 0 rings (SSSR count). The number of nitrogens with one attached hydrogen (secondary N) is 2. The van der Waals surface area contributed by atoms with E-state index in [-0.39, 0.29) is 6.42 Å². The molecule has 1 atom stereocenters. The molecule has 0 aromatic heterocycles. The minimum absolute atomic E-state index is 0.108. The summed E-state index contributed by atoms with van der Waals surface area (Å²) >= 11 is 1.39. The smallest absolute Gasteiger partial charge is 0.422 e. The number of thioether (sulfide) groups is 1. The first-order chi connectivity index (χ1) is 8.68. The molecule has 10 heteroatoms. The van der Waals surface area contributed by atoms with E-state index in [0.717, 1.165) is 0 Å². The maximum atomic E-state index is 11.5. The van der Waals surface area contributed by atoms with E-state index in [4.69, 9.17) is 5.11 Å². The summed E-state index contributed by atoms with van der Waals surface area (Å²) in [5, 5.41) is 8.86. The van der Waals surface area contributed by atoms with Crippen LogP contribution in [0, 0.1) is 0 Å². The van der Waals surface area contributed by atoms with Crippen LogP contribution in [0.25, 0.3) is 0 Å². The SMILES string of the molecule is CSCC[C@H](NS(=O)(=O)NC(=O)OC(C)C)C(=O)O. The van der Waals surface area contributed by atoms with Crippen LogP contribution in [-0.4, -0.2) is 49.7 Å². The molecule has 0 unspecified atom stereocenters. The van der Waals surface area contributed by atoms with Gasteiger partial charge in [0.15, 0.2) is 0 Å². The van der Waals surface area contributed by atoms with E-state index >= 15 is 0 Å². The number of aliphatic carboxylic acids is 1. The van der Waals surface area contributed by atoms with Gasteiger partial charge in [0.25, 0.3) is 0 Å². The Bertz CT molecular complexity index is 409. The first kappa shape index (κ1) is 18.0. The van der Waals surface area contributed by atoms with Crippen molar-refractivity contribution in [3.05, 3.63) is 0 Å². The lowest BCUT2D eigenvalue weighted by atomic mass is 10.2. The molecule has 0 spiro atoms. The summed E-state index contributed by atoms with van der Waals surface area (Å²) in [7, 11) is -4.27. The number of amides is 1. The first-order valence-corrected chi connectivity index (χ1v) is 8.28. The topological polar surface area (TPSA) is 122 Å². The highest BCUT2D eigenvalue weighted by Crippen LogP contribution is 2.02. The van der Waals surface area contributed by atoms with Crippen LogP contribution in [0.5, 0.6) is 0 Å². The van der Waals surface area contributed by atoms with Crippen LogP contribution in [0.4, 0.5) is 4.79 Å². The van der Waals surface area contributed by atoms with Gasteiger partial charge in [-0.1, -0.05) is 0 Å². The van der Waals surface area contributed by atoms with Crippen LogP contribution in [-0.2, 0) is 19.7 Å². The maximum absolute atomic E-state index is 11.5. The van der Waals surface area contributed by atoms with Gasteiger partial charge in [-0.2, -0.15) is 24.9 Å². The maximum Gasteiger partial charge on any atom is 0.422 e. The van der Waals surface area contributed by atoms with Gasteiger partial charge in [-0.15, -0.1) is 0 Å². The molecule has 3 N–H and O–H groups in total. The number of ether oxygens (including phenoxy) is 1. The predicted octanol–water partition coefficient (Wildman–Crippen LogP) is 0.162. The van der Waals surface area contributed by atoms with Crippen LogP contribution in [0.3, 0.4) is 0 Å². The zero-order chi connectivity index (χ0) is 15.1. The van der Waals surface area contributed by atoms with Crippen LogP contribution >= 0.6 is 11.8 Å². The van der Waals surface area contributed by atoms with E-state index in [0.29, 0.717) is 5.75 Å². The highest BCUT2D eigenvalue weighted by atomic mass is 32.2. The average Bonchev–Trinajstić information content (AvgIpc) is 2.21. The Kier molecular flexibility index (Phi) is 7.79. The normalized spacial score (nSPS) is 13.1.